The highest BCUT2D eigenvalue weighted by Crippen LogP contribution is 2.31. The average Bonchev–Trinajstić information content (AvgIpc) is 2.99. The number of carbonyl (C=O) groups excluding carboxylic acids is 3. The smallest absolute Gasteiger partial charge is 0.264 e. The van der Waals surface area contributed by atoms with E-state index >= 15 is 0 Å². The third-order valence-electron chi connectivity index (χ3n) is 4.98. The Hall–Kier alpha value is -3.02. The number of hydrogen-bond acceptors (Lipinski definition) is 8. The van der Waals surface area contributed by atoms with Crippen molar-refractivity contribution in [2.75, 3.05) is 6.61 Å². The topological polar surface area (TPSA) is 171 Å². The van der Waals surface area contributed by atoms with Crippen LogP contribution >= 0.6 is 11.6 Å². The highest BCUT2D eigenvalue weighted by Gasteiger charge is 2.53. The molecule has 184 valence electrons. The molecule has 2 fully saturated rings. The number of Topliss-reactive ketones (excluding diaryl/α,β-unsaturated/α-hetero) is 1. The predicted molar refractivity (Wildman–Crippen MR) is 123 cm³/mol. The number of nitrogens with two attached hydrogens (primary N) is 1. The van der Waals surface area contributed by atoms with E-state index in [4.69, 9.17) is 22.1 Å². The lowest BCUT2D eigenvalue weighted by molar-refractivity contribution is -0.229. The van der Waals surface area contributed by atoms with Crippen LogP contribution in [0.15, 0.2) is 71.0 Å². The standard InChI is InChI=1S/C23H27ClN2O8/c1-13(24)9-7-5-3-2-4-6-8-10-15(27)18-19(30)14(11-17(25)29)26(22(18)33)23-21(32)20(31)16(28)12-34-23/h2-10,14,16,20-21,23,27-28,31-32H,11-12H2,1H3,(H2,25,29)/b3-2+,6-4+,7-5+,10-8+,13-9-,18-15-/t14-,16+,20+,21+,23-/m0/s1. The van der Waals surface area contributed by atoms with Crippen LogP contribution in [-0.4, -0.2) is 80.1 Å². The third-order valence-corrected chi connectivity index (χ3v) is 5.10. The summed E-state index contributed by atoms with van der Waals surface area (Å²) in [4.78, 5) is 38.1. The van der Waals surface area contributed by atoms with Crippen molar-refractivity contribution in [3.05, 3.63) is 71.0 Å². The first-order valence-corrected chi connectivity index (χ1v) is 10.7. The van der Waals surface area contributed by atoms with Gasteiger partial charge in [-0.15, -0.1) is 0 Å². The van der Waals surface area contributed by atoms with Crippen molar-refractivity contribution in [3.8, 4) is 0 Å². The number of likely N-dealkylation sites (tertiary alicyclic amines) is 1. The maximum Gasteiger partial charge on any atom is 0.264 e. The fourth-order valence-electron chi connectivity index (χ4n) is 3.35. The van der Waals surface area contributed by atoms with Gasteiger partial charge in [0.1, 0.15) is 35.7 Å². The van der Waals surface area contributed by atoms with Crippen LogP contribution in [0.3, 0.4) is 0 Å². The monoisotopic (exact) mass is 494 g/mol. The van der Waals surface area contributed by atoms with Crippen molar-refractivity contribution in [2.45, 2.75) is 43.9 Å². The quantitative estimate of drug-likeness (QED) is 0.138. The lowest BCUT2D eigenvalue weighted by atomic mass is 10.0. The van der Waals surface area contributed by atoms with Gasteiger partial charge in [0.2, 0.25) is 5.91 Å². The zero-order chi connectivity index (χ0) is 25.4. The molecule has 34 heavy (non-hydrogen) atoms. The SMILES string of the molecule is C/C(Cl)=C/C=C/C=C/C=C/C=C/C(O)=C1\C(=O)[C@H](CC(N)=O)N([C@H]2OC[C@@H](O)[C@@H](O)[C@H]2O)C1=O. The van der Waals surface area contributed by atoms with E-state index in [2.05, 4.69) is 0 Å². The number of primary amides is 1. The van der Waals surface area contributed by atoms with E-state index in [0.717, 1.165) is 11.0 Å². The molecule has 0 aromatic rings. The van der Waals surface area contributed by atoms with Crippen molar-refractivity contribution < 1.29 is 39.5 Å². The summed E-state index contributed by atoms with van der Waals surface area (Å²) in [5, 5.41) is 40.9. The number of nitrogens with zero attached hydrogens (tertiary/aromatic N) is 1. The Bertz CT molecular complexity index is 977. The van der Waals surface area contributed by atoms with Gasteiger partial charge < -0.3 is 30.9 Å². The van der Waals surface area contributed by atoms with Gasteiger partial charge in [0, 0.05) is 5.03 Å². The maximum absolute atomic E-state index is 13.0. The normalized spacial score (nSPS) is 30.6. The molecule has 0 radical (unpaired) electrons. The van der Waals surface area contributed by atoms with Crippen LogP contribution in [0, 0.1) is 0 Å². The molecule has 2 aliphatic rings. The van der Waals surface area contributed by atoms with Gasteiger partial charge in [-0.3, -0.25) is 19.3 Å². The van der Waals surface area contributed by atoms with Crippen LogP contribution in [0.4, 0.5) is 0 Å². The van der Waals surface area contributed by atoms with Crippen molar-refractivity contribution in [2.24, 2.45) is 5.73 Å². The summed E-state index contributed by atoms with van der Waals surface area (Å²) in [5.41, 5.74) is 4.59. The number of carbonyl (C=O) groups is 3. The highest BCUT2D eigenvalue weighted by atomic mass is 35.5. The van der Waals surface area contributed by atoms with Gasteiger partial charge >= 0.3 is 0 Å². The first-order valence-electron chi connectivity index (χ1n) is 10.3. The molecule has 2 rings (SSSR count). The summed E-state index contributed by atoms with van der Waals surface area (Å²) in [6.45, 7) is 1.32. The van der Waals surface area contributed by atoms with Crippen molar-refractivity contribution >= 4 is 29.2 Å². The Morgan fingerprint density at radius 2 is 1.68 bits per heavy atom. The molecule has 0 bridgehead atoms. The van der Waals surface area contributed by atoms with Crippen molar-refractivity contribution in [3.63, 3.8) is 0 Å². The van der Waals surface area contributed by atoms with Crippen molar-refractivity contribution in [1.82, 2.24) is 4.90 Å². The summed E-state index contributed by atoms with van der Waals surface area (Å²) in [6, 6.07) is -1.45. The second kappa shape index (κ2) is 12.4. The Labute approximate surface area is 201 Å². The van der Waals surface area contributed by atoms with Gasteiger partial charge in [0.15, 0.2) is 12.0 Å². The van der Waals surface area contributed by atoms with E-state index in [-0.39, 0.29) is 0 Å². The summed E-state index contributed by atoms with van der Waals surface area (Å²) >= 11 is 5.69. The van der Waals surface area contributed by atoms with E-state index in [1.807, 2.05) is 0 Å². The fraction of sp³-hybridized carbons (Fsp3) is 0.348. The van der Waals surface area contributed by atoms with Gasteiger partial charge in [-0.05, 0) is 19.1 Å². The second-order valence-corrected chi connectivity index (χ2v) is 8.16. The van der Waals surface area contributed by atoms with E-state index < -0.39 is 72.5 Å². The molecular weight excluding hydrogens is 468 g/mol. The van der Waals surface area contributed by atoms with Crippen LogP contribution in [0.2, 0.25) is 0 Å². The predicted octanol–water partition coefficient (Wildman–Crippen LogP) is 0.260. The average molecular weight is 495 g/mol. The van der Waals surface area contributed by atoms with Crippen LogP contribution in [0.5, 0.6) is 0 Å². The van der Waals surface area contributed by atoms with Gasteiger partial charge in [0.25, 0.3) is 5.91 Å². The molecule has 0 unspecified atom stereocenters. The van der Waals surface area contributed by atoms with Gasteiger partial charge in [0.05, 0.1) is 13.0 Å². The minimum Gasteiger partial charge on any atom is -0.507 e. The number of amides is 2. The number of aliphatic hydroxyl groups excluding tert-OH is 4. The Kier molecular flexibility index (Phi) is 9.97. The van der Waals surface area contributed by atoms with E-state index in [9.17, 15) is 34.8 Å². The van der Waals surface area contributed by atoms with Crippen LogP contribution in [-0.2, 0) is 19.1 Å². The molecule has 0 spiro atoms. The van der Waals surface area contributed by atoms with E-state index in [1.54, 1.807) is 43.4 Å². The molecule has 5 atom stereocenters. The lowest BCUT2D eigenvalue weighted by Crippen LogP contribution is -2.61. The Morgan fingerprint density at radius 3 is 2.26 bits per heavy atom. The zero-order valence-corrected chi connectivity index (χ0v) is 19.1. The second-order valence-electron chi connectivity index (χ2n) is 7.56. The van der Waals surface area contributed by atoms with Crippen LogP contribution < -0.4 is 5.73 Å². The lowest BCUT2D eigenvalue weighted by Gasteiger charge is -2.41. The van der Waals surface area contributed by atoms with E-state index in [0.29, 0.717) is 5.03 Å². The minimum absolute atomic E-state index is 0.426. The molecule has 2 saturated heterocycles. The molecule has 6 N–H and O–H groups in total. The molecule has 2 amide bonds. The zero-order valence-electron chi connectivity index (χ0n) is 18.3. The molecule has 11 heteroatoms. The summed E-state index contributed by atoms with van der Waals surface area (Å²) in [5.74, 6) is -3.46. The Balaban J connectivity index is 2.23. The van der Waals surface area contributed by atoms with Crippen LogP contribution in [0.25, 0.3) is 0 Å². The number of ether oxygens (including phenoxy) is 1. The number of rotatable bonds is 8. The number of halogens is 1. The number of allylic oxidation sites excluding steroid dienone is 10. The highest BCUT2D eigenvalue weighted by molar-refractivity contribution is 6.29. The summed E-state index contributed by atoms with van der Waals surface area (Å²) in [6.07, 6.45) is 7.37. The molecule has 2 heterocycles. The number of aliphatic hydroxyl groups is 4. The third kappa shape index (κ3) is 6.75. The van der Waals surface area contributed by atoms with E-state index in [1.165, 1.54) is 12.2 Å². The van der Waals surface area contributed by atoms with Crippen LogP contribution in [0.1, 0.15) is 13.3 Å². The maximum atomic E-state index is 13.0. The summed E-state index contributed by atoms with van der Waals surface area (Å²) < 4.78 is 5.27. The molecule has 0 aromatic carbocycles. The van der Waals surface area contributed by atoms with Gasteiger partial charge in [-0.1, -0.05) is 54.1 Å². The number of ketones is 1. The fourth-order valence-corrected chi connectivity index (χ4v) is 3.43. The summed E-state index contributed by atoms with van der Waals surface area (Å²) in [7, 11) is 0. The van der Waals surface area contributed by atoms with Gasteiger partial charge in [-0.25, -0.2) is 0 Å². The first-order chi connectivity index (χ1) is 16.1. The molecule has 0 aliphatic carbocycles. The number of hydrogen-bond donors (Lipinski definition) is 5. The molecule has 2 aliphatic heterocycles. The van der Waals surface area contributed by atoms with Gasteiger partial charge in [-0.2, -0.15) is 0 Å². The first kappa shape index (κ1) is 27.2. The minimum atomic E-state index is -1.76. The molecule has 0 aromatic heterocycles. The molecule has 0 saturated carbocycles. The van der Waals surface area contributed by atoms with Crippen molar-refractivity contribution in [1.29, 1.82) is 0 Å². The molecular formula is C23H27ClN2O8. The molecule has 10 nitrogen and oxygen atoms in total. The Morgan fingerprint density at radius 1 is 1.09 bits per heavy atom. The largest absolute Gasteiger partial charge is 0.507 e.